The Hall–Kier alpha value is -7.86. The molecule has 56 heavy (non-hydrogen) atoms. The molecule has 262 valence electrons. The second-order valence-corrected chi connectivity index (χ2v) is 14.0. The highest BCUT2D eigenvalue weighted by Crippen LogP contribution is 2.42. The zero-order valence-corrected chi connectivity index (χ0v) is 30.6. The van der Waals surface area contributed by atoms with Crippen molar-refractivity contribution in [1.29, 1.82) is 10.5 Å². The van der Waals surface area contributed by atoms with Gasteiger partial charge in [-0.25, -0.2) is 0 Å². The van der Waals surface area contributed by atoms with Gasteiger partial charge in [-0.1, -0.05) is 116 Å². The number of fused-ring (bicyclic) bond motifs is 7. The highest BCUT2D eigenvalue weighted by atomic mass is 15.1. The van der Waals surface area contributed by atoms with Crippen LogP contribution < -0.4 is 0 Å². The van der Waals surface area contributed by atoms with Crippen LogP contribution in [0, 0.1) is 29.6 Å². The van der Waals surface area contributed by atoms with Gasteiger partial charge in [-0.15, -0.1) is 0 Å². The van der Waals surface area contributed by atoms with Crippen LogP contribution in [0.2, 0.25) is 0 Å². The smallest absolute Gasteiger partial charge is 0.101 e. The SMILES string of the molecule is C=C/C=C\c1c(C)c2cccc(-n3c4ccccc4c4ccccc43)c2n1-c1ccccc1-c1cc(C#N)cc(-n2c3ccccc3c3cccc(C#N)c32)c1. The maximum atomic E-state index is 10.5. The standard InChI is InChI=1S/C51H33N5/c1-3-4-22-44-33(2)38-20-14-27-49(55-47-25-11-6-17-40(47)41-18-7-12-26-48(41)55)51(38)56(44)45-23-9-5-16-39(45)36-28-34(31-52)29-37(30-36)54-46-24-10-8-19-42(46)43-21-13-15-35(32-53)50(43)54/h3-30H,1H2,2H3/b22-4-. The maximum absolute atomic E-state index is 10.5. The Kier molecular flexibility index (Phi) is 7.56. The second-order valence-electron chi connectivity index (χ2n) is 14.0. The van der Waals surface area contributed by atoms with E-state index in [1.54, 1.807) is 0 Å². The zero-order chi connectivity index (χ0) is 37.9. The number of nitriles is 2. The molecule has 0 unspecified atom stereocenters. The summed E-state index contributed by atoms with van der Waals surface area (Å²) in [6.07, 6.45) is 5.93. The molecular weight excluding hydrogens is 683 g/mol. The summed E-state index contributed by atoms with van der Waals surface area (Å²) in [5, 5.41) is 26.4. The number of nitrogens with zero attached hydrogens (tertiary/aromatic N) is 5. The number of hydrogen-bond donors (Lipinski definition) is 0. The van der Waals surface area contributed by atoms with Crippen LogP contribution in [0.4, 0.5) is 0 Å². The third-order valence-corrected chi connectivity index (χ3v) is 11.1. The van der Waals surface area contributed by atoms with E-state index in [-0.39, 0.29) is 0 Å². The van der Waals surface area contributed by atoms with Crippen molar-refractivity contribution in [3.63, 3.8) is 0 Å². The lowest BCUT2D eigenvalue weighted by atomic mass is 10.00. The molecular formula is C51H33N5. The first-order valence-electron chi connectivity index (χ1n) is 18.6. The highest BCUT2D eigenvalue weighted by Gasteiger charge is 2.23. The van der Waals surface area contributed by atoms with Crippen molar-refractivity contribution in [3.8, 4) is 40.3 Å². The Morgan fingerprint density at radius 2 is 1.12 bits per heavy atom. The Morgan fingerprint density at radius 1 is 0.536 bits per heavy atom. The summed E-state index contributed by atoms with van der Waals surface area (Å²) in [5.41, 5.74) is 13.2. The average Bonchev–Trinajstić information content (AvgIpc) is 3.88. The van der Waals surface area contributed by atoms with Gasteiger partial charge in [-0.3, -0.25) is 0 Å². The van der Waals surface area contributed by atoms with Gasteiger partial charge in [0.25, 0.3) is 0 Å². The molecule has 0 spiro atoms. The number of benzene rings is 7. The molecule has 3 heterocycles. The van der Waals surface area contributed by atoms with Crippen LogP contribution in [0.25, 0.3) is 88.8 Å². The molecule has 0 amide bonds. The molecule has 0 N–H and O–H groups in total. The van der Waals surface area contributed by atoms with Crippen LogP contribution in [-0.2, 0) is 0 Å². The number of para-hydroxylation sites is 6. The molecule has 10 rings (SSSR count). The van der Waals surface area contributed by atoms with Crippen LogP contribution >= 0.6 is 0 Å². The molecule has 0 radical (unpaired) electrons. The van der Waals surface area contributed by atoms with Crippen molar-refractivity contribution < 1.29 is 0 Å². The quantitative estimate of drug-likeness (QED) is 0.161. The van der Waals surface area contributed by atoms with Crippen LogP contribution in [0.5, 0.6) is 0 Å². The lowest BCUT2D eigenvalue weighted by Crippen LogP contribution is -2.04. The van der Waals surface area contributed by atoms with Crippen molar-refractivity contribution >= 4 is 60.6 Å². The minimum Gasteiger partial charge on any atom is -0.308 e. The number of hydrogen-bond acceptors (Lipinski definition) is 2. The Bertz CT molecular complexity index is 3320. The van der Waals surface area contributed by atoms with E-state index in [2.05, 4.69) is 161 Å². The summed E-state index contributed by atoms with van der Waals surface area (Å²) < 4.78 is 6.88. The Labute approximate surface area is 323 Å². The molecule has 5 heteroatoms. The molecule has 10 aromatic rings. The van der Waals surface area contributed by atoms with Gasteiger partial charge < -0.3 is 13.7 Å². The van der Waals surface area contributed by atoms with Crippen LogP contribution in [0.15, 0.2) is 170 Å². The predicted molar refractivity (Wildman–Crippen MR) is 231 cm³/mol. The highest BCUT2D eigenvalue weighted by molar-refractivity contribution is 6.12. The van der Waals surface area contributed by atoms with E-state index in [4.69, 9.17) is 0 Å². The Balaban J connectivity index is 1.29. The Morgan fingerprint density at radius 3 is 1.82 bits per heavy atom. The number of aryl methyl sites for hydroxylation is 1. The molecule has 0 aliphatic carbocycles. The third kappa shape index (κ3) is 4.79. The van der Waals surface area contributed by atoms with Gasteiger partial charge in [0.1, 0.15) is 6.07 Å². The van der Waals surface area contributed by atoms with Gasteiger partial charge >= 0.3 is 0 Å². The van der Waals surface area contributed by atoms with Gasteiger partial charge in [-0.05, 0) is 78.7 Å². The first-order valence-corrected chi connectivity index (χ1v) is 18.6. The minimum absolute atomic E-state index is 0.527. The monoisotopic (exact) mass is 715 g/mol. The maximum Gasteiger partial charge on any atom is 0.101 e. The van der Waals surface area contributed by atoms with Gasteiger partial charge in [0.15, 0.2) is 0 Å². The fourth-order valence-electron chi connectivity index (χ4n) is 8.72. The van der Waals surface area contributed by atoms with E-state index in [0.717, 1.165) is 83.2 Å². The lowest BCUT2D eigenvalue weighted by molar-refractivity contribution is 1.08. The van der Waals surface area contributed by atoms with Gasteiger partial charge in [0.2, 0.25) is 0 Å². The summed E-state index contributed by atoms with van der Waals surface area (Å²) in [7, 11) is 0. The molecule has 5 nitrogen and oxygen atoms in total. The van der Waals surface area contributed by atoms with Gasteiger partial charge in [0, 0.05) is 43.9 Å². The number of rotatable bonds is 6. The first kappa shape index (κ1) is 32.8. The summed E-state index contributed by atoms with van der Waals surface area (Å²) in [6.45, 7) is 6.19. The average molecular weight is 716 g/mol. The van der Waals surface area contributed by atoms with E-state index >= 15 is 0 Å². The molecule has 0 aliphatic rings. The largest absolute Gasteiger partial charge is 0.308 e. The van der Waals surface area contributed by atoms with Crippen LogP contribution in [0.3, 0.4) is 0 Å². The van der Waals surface area contributed by atoms with Crippen molar-refractivity contribution in [1.82, 2.24) is 13.7 Å². The summed E-state index contributed by atoms with van der Waals surface area (Å²) >= 11 is 0. The fraction of sp³-hybridized carbons (Fsp3) is 0.0196. The molecule has 0 saturated heterocycles. The van der Waals surface area contributed by atoms with Crippen molar-refractivity contribution in [2.75, 3.05) is 0 Å². The zero-order valence-electron chi connectivity index (χ0n) is 30.6. The molecule has 0 aliphatic heterocycles. The molecule has 0 saturated carbocycles. The van der Waals surface area contributed by atoms with E-state index in [9.17, 15) is 10.5 Å². The lowest BCUT2D eigenvalue weighted by Gasteiger charge is -2.19. The fourth-order valence-corrected chi connectivity index (χ4v) is 8.72. The predicted octanol–water partition coefficient (Wildman–Crippen LogP) is 12.7. The normalized spacial score (nSPS) is 11.6. The van der Waals surface area contributed by atoms with Crippen LogP contribution in [-0.4, -0.2) is 13.7 Å². The molecule has 7 aromatic carbocycles. The van der Waals surface area contributed by atoms with E-state index in [1.165, 1.54) is 10.8 Å². The molecule has 0 bridgehead atoms. The van der Waals surface area contributed by atoms with Gasteiger partial charge in [-0.2, -0.15) is 10.5 Å². The summed E-state index contributed by atoms with van der Waals surface area (Å²) in [5.74, 6) is 0. The molecule has 0 fully saturated rings. The van der Waals surface area contributed by atoms with Crippen molar-refractivity contribution in [2.45, 2.75) is 6.92 Å². The van der Waals surface area contributed by atoms with Crippen LogP contribution in [0.1, 0.15) is 22.4 Å². The first-order chi connectivity index (χ1) is 27.6. The van der Waals surface area contributed by atoms with Crippen molar-refractivity contribution in [2.24, 2.45) is 0 Å². The number of aromatic nitrogens is 3. The van der Waals surface area contributed by atoms with Crippen molar-refractivity contribution in [3.05, 3.63) is 193 Å². The van der Waals surface area contributed by atoms with E-state index < -0.39 is 0 Å². The minimum atomic E-state index is 0.527. The third-order valence-electron chi connectivity index (χ3n) is 11.1. The van der Waals surface area contributed by atoms with E-state index in [1.807, 2.05) is 48.6 Å². The molecule has 0 atom stereocenters. The topological polar surface area (TPSA) is 62.4 Å². The van der Waals surface area contributed by atoms with E-state index in [0.29, 0.717) is 11.1 Å². The second kappa shape index (κ2) is 12.9. The summed E-state index contributed by atoms with van der Waals surface area (Å²) in [4.78, 5) is 0. The number of allylic oxidation sites excluding steroid dienone is 2. The van der Waals surface area contributed by atoms with Gasteiger partial charge in [0.05, 0.1) is 56.2 Å². The summed E-state index contributed by atoms with van der Waals surface area (Å²) in [6, 6.07) is 57.1. The molecule has 3 aromatic heterocycles.